The van der Waals surface area contributed by atoms with Gasteiger partial charge >= 0.3 is 0 Å². The molecule has 1 N–H and O–H groups in total. The molecule has 3 heteroatoms. The SMILES string of the molecule is CCCN1CCOC(C(O)c2cccc(C3CCC3)c2)C1. The second kappa shape index (κ2) is 6.91. The van der Waals surface area contributed by atoms with Gasteiger partial charge in [-0.3, -0.25) is 4.90 Å². The van der Waals surface area contributed by atoms with E-state index in [2.05, 4.69) is 30.0 Å². The monoisotopic (exact) mass is 289 g/mol. The average Bonchev–Trinajstić information content (AvgIpc) is 2.46. The smallest absolute Gasteiger partial charge is 0.106 e. The van der Waals surface area contributed by atoms with Crippen LogP contribution >= 0.6 is 0 Å². The van der Waals surface area contributed by atoms with Gasteiger partial charge in [0.25, 0.3) is 0 Å². The van der Waals surface area contributed by atoms with E-state index in [0.29, 0.717) is 5.92 Å². The summed E-state index contributed by atoms with van der Waals surface area (Å²) in [7, 11) is 0. The minimum absolute atomic E-state index is 0.0954. The van der Waals surface area contributed by atoms with Gasteiger partial charge in [-0.25, -0.2) is 0 Å². The molecule has 1 saturated heterocycles. The van der Waals surface area contributed by atoms with Crippen molar-refractivity contribution in [3.63, 3.8) is 0 Å². The van der Waals surface area contributed by atoms with E-state index in [1.165, 1.54) is 24.8 Å². The minimum Gasteiger partial charge on any atom is -0.386 e. The lowest BCUT2D eigenvalue weighted by molar-refractivity contribution is -0.0898. The molecule has 0 amide bonds. The molecule has 0 spiro atoms. The van der Waals surface area contributed by atoms with Gasteiger partial charge in [-0.15, -0.1) is 0 Å². The van der Waals surface area contributed by atoms with Crippen LogP contribution in [0.15, 0.2) is 24.3 Å². The van der Waals surface area contributed by atoms with Crippen LogP contribution in [0.3, 0.4) is 0 Å². The third kappa shape index (κ3) is 3.47. The molecule has 1 saturated carbocycles. The normalized spacial score (nSPS) is 25.5. The average molecular weight is 289 g/mol. The molecule has 2 unspecified atom stereocenters. The summed E-state index contributed by atoms with van der Waals surface area (Å²) in [6.45, 7) is 5.84. The Labute approximate surface area is 127 Å². The Hall–Kier alpha value is -0.900. The van der Waals surface area contributed by atoms with Gasteiger partial charge < -0.3 is 9.84 Å². The van der Waals surface area contributed by atoms with Crippen LogP contribution in [0.4, 0.5) is 0 Å². The maximum Gasteiger partial charge on any atom is 0.106 e. The van der Waals surface area contributed by atoms with Crippen molar-refractivity contribution in [2.24, 2.45) is 0 Å². The van der Waals surface area contributed by atoms with Crippen molar-refractivity contribution in [2.75, 3.05) is 26.2 Å². The highest BCUT2D eigenvalue weighted by molar-refractivity contribution is 5.29. The highest BCUT2D eigenvalue weighted by atomic mass is 16.5. The van der Waals surface area contributed by atoms with Crippen LogP contribution < -0.4 is 0 Å². The fourth-order valence-electron chi connectivity index (χ4n) is 3.40. The van der Waals surface area contributed by atoms with E-state index in [0.717, 1.165) is 38.2 Å². The number of hydrogen-bond acceptors (Lipinski definition) is 3. The molecule has 2 atom stereocenters. The third-order valence-electron chi connectivity index (χ3n) is 4.90. The molecular formula is C18H27NO2. The molecule has 1 aromatic carbocycles. The Morgan fingerprint density at radius 3 is 2.95 bits per heavy atom. The van der Waals surface area contributed by atoms with Crippen molar-refractivity contribution >= 4 is 0 Å². The first kappa shape index (κ1) is 15.0. The number of nitrogens with zero attached hydrogens (tertiary/aromatic N) is 1. The molecule has 116 valence electrons. The number of morpholine rings is 1. The van der Waals surface area contributed by atoms with Crippen molar-refractivity contribution in [1.29, 1.82) is 0 Å². The van der Waals surface area contributed by atoms with E-state index in [-0.39, 0.29) is 6.10 Å². The van der Waals surface area contributed by atoms with E-state index in [1.54, 1.807) is 0 Å². The van der Waals surface area contributed by atoms with Crippen LogP contribution in [0.25, 0.3) is 0 Å². The van der Waals surface area contributed by atoms with Gasteiger partial charge in [-0.1, -0.05) is 37.6 Å². The van der Waals surface area contributed by atoms with Crippen molar-refractivity contribution in [3.8, 4) is 0 Å². The zero-order valence-corrected chi connectivity index (χ0v) is 13.0. The molecule has 0 bridgehead atoms. The number of aliphatic hydroxyl groups excluding tert-OH is 1. The predicted molar refractivity (Wildman–Crippen MR) is 84.5 cm³/mol. The zero-order chi connectivity index (χ0) is 14.7. The summed E-state index contributed by atoms with van der Waals surface area (Å²) in [4.78, 5) is 2.40. The lowest BCUT2D eigenvalue weighted by Crippen LogP contribution is -2.45. The van der Waals surface area contributed by atoms with Crippen molar-refractivity contribution in [3.05, 3.63) is 35.4 Å². The lowest BCUT2D eigenvalue weighted by atomic mass is 9.79. The van der Waals surface area contributed by atoms with Crippen LogP contribution in [0.5, 0.6) is 0 Å². The zero-order valence-electron chi connectivity index (χ0n) is 13.0. The summed E-state index contributed by atoms with van der Waals surface area (Å²) < 4.78 is 5.82. The van der Waals surface area contributed by atoms with Crippen LogP contribution in [-0.4, -0.2) is 42.4 Å². The lowest BCUT2D eigenvalue weighted by Gasteiger charge is -2.35. The predicted octanol–water partition coefficient (Wildman–Crippen LogP) is 3.10. The summed E-state index contributed by atoms with van der Waals surface area (Å²) in [5.41, 5.74) is 2.40. The van der Waals surface area contributed by atoms with Crippen LogP contribution in [-0.2, 0) is 4.74 Å². The van der Waals surface area contributed by atoms with Gasteiger partial charge in [-0.05, 0) is 42.9 Å². The minimum atomic E-state index is -0.510. The van der Waals surface area contributed by atoms with Gasteiger partial charge in [0.2, 0.25) is 0 Å². The van der Waals surface area contributed by atoms with E-state index in [1.807, 2.05) is 6.07 Å². The number of ether oxygens (including phenoxy) is 1. The van der Waals surface area contributed by atoms with Crippen molar-refractivity contribution < 1.29 is 9.84 Å². The van der Waals surface area contributed by atoms with Gasteiger partial charge in [0.1, 0.15) is 12.2 Å². The van der Waals surface area contributed by atoms with E-state index < -0.39 is 6.10 Å². The quantitative estimate of drug-likeness (QED) is 0.904. The molecule has 2 fully saturated rings. The van der Waals surface area contributed by atoms with E-state index >= 15 is 0 Å². The Kier molecular flexibility index (Phi) is 4.94. The summed E-state index contributed by atoms with van der Waals surface area (Å²) in [5, 5.41) is 10.7. The molecule has 3 rings (SSSR count). The number of rotatable bonds is 5. The first-order valence-corrected chi connectivity index (χ1v) is 8.40. The summed E-state index contributed by atoms with van der Waals surface area (Å²) >= 11 is 0. The summed E-state index contributed by atoms with van der Waals surface area (Å²) in [6, 6.07) is 8.51. The Balaban J connectivity index is 1.67. The number of benzene rings is 1. The van der Waals surface area contributed by atoms with Gasteiger partial charge in [0.05, 0.1) is 6.61 Å². The molecule has 2 aliphatic rings. The maximum atomic E-state index is 10.7. The van der Waals surface area contributed by atoms with Gasteiger partial charge in [0, 0.05) is 13.1 Å². The van der Waals surface area contributed by atoms with Gasteiger partial charge in [-0.2, -0.15) is 0 Å². The molecule has 1 aliphatic heterocycles. The topological polar surface area (TPSA) is 32.7 Å². The third-order valence-corrected chi connectivity index (χ3v) is 4.90. The molecule has 0 aromatic heterocycles. The van der Waals surface area contributed by atoms with Crippen molar-refractivity contribution in [1.82, 2.24) is 4.90 Å². The largest absolute Gasteiger partial charge is 0.386 e. The van der Waals surface area contributed by atoms with Crippen LogP contribution in [0, 0.1) is 0 Å². The number of hydrogen-bond donors (Lipinski definition) is 1. The standard InChI is InChI=1S/C18H27NO2/c1-2-9-19-10-11-21-17(13-19)18(20)16-8-4-7-15(12-16)14-5-3-6-14/h4,7-8,12,14,17-18,20H,2-3,5-6,9-11,13H2,1H3. The van der Waals surface area contributed by atoms with E-state index in [9.17, 15) is 5.11 Å². The maximum absolute atomic E-state index is 10.7. The fourth-order valence-corrected chi connectivity index (χ4v) is 3.40. The Bertz CT molecular complexity index is 456. The summed E-state index contributed by atoms with van der Waals surface area (Å²) in [6.07, 6.45) is 4.48. The first-order chi connectivity index (χ1) is 10.3. The molecule has 0 radical (unpaired) electrons. The Morgan fingerprint density at radius 1 is 1.38 bits per heavy atom. The van der Waals surface area contributed by atoms with Crippen LogP contribution in [0.2, 0.25) is 0 Å². The first-order valence-electron chi connectivity index (χ1n) is 8.40. The molecular weight excluding hydrogens is 262 g/mol. The number of aliphatic hydroxyl groups is 1. The Morgan fingerprint density at radius 2 is 2.24 bits per heavy atom. The van der Waals surface area contributed by atoms with Gasteiger partial charge in [0.15, 0.2) is 0 Å². The molecule has 1 aromatic rings. The summed E-state index contributed by atoms with van der Waals surface area (Å²) in [5.74, 6) is 0.709. The second-order valence-electron chi connectivity index (χ2n) is 6.45. The highest BCUT2D eigenvalue weighted by Crippen LogP contribution is 2.37. The fraction of sp³-hybridized carbons (Fsp3) is 0.667. The molecule has 1 heterocycles. The molecule has 21 heavy (non-hydrogen) atoms. The second-order valence-corrected chi connectivity index (χ2v) is 6.45. The van der Waals surface area contributed by atoms with E-state index in [4.69, 9.17) is 4.74 Å². The molecule has 3 nitrogen and oxygen atoms in total. The molecule has 1 aliphatic carbocycles. The highest BCUT2D eigenvalue weighted by Gasteiger charge is 2.28. The van der Waals surface area contributed by atoms with Crippen molar-refractivity contribution in [2.45, 2.75) is 50.7 Å². The van der Waals surface area contributed by atoms with Crippen LogP contribution in [0.1, 0.15) is 55.8 Å².